The first-order valence-electron chi connectivity index (χ1n) is 8.33. The topological polar surface area (TPSA) is 41.5 Å². The van der Waals surface area contributed by atoms with E-state index in [1.807, 2.05) is 0 Å². The zero-order valence-electron chi connectivity index (χ0n) is 11.8. The van der Waals surface area contributed by atoms with Gasteiger partial charge in [-0.3, -0.25) is 0 Å². The average Bonchev–Trinajstić information content (AvgIpc) is 2.73. The molecule has 1 aliphatic heterocycles. The monoisotopic (exact) mass is 265 g/mol. The molecule has 1 spiro atoms. The predicted molar refractivity (Wildman–Crippen MR) is 73.9 cm³/mol. The van der Waals surface area contributed by atoms with Gasteiger partial charge in [-0.15, -0.1) is 0 Å². The summed E-state index contributed by atoms with van der Waals surface area (Å²) in [7, 11) is 0. The molecule has 0 amide bonds. The molecule has 0 radical (unpaired) electrons. The van der Waals surface area contributed by atoms with E-state index in [9.17, 15) is 5.11 Å². The summed E-state index contributed by atoms with van der Waals surface area (Å²) in [5.74, 6) is 1.48. The summed E-state index contributed by atoms with van der Waals surface area (Å²) in [5, 5.41) is 13.7. The maximum Gasteiger partial charge on any atom is 0.0690 e. The molecule has 3 saturated carbocycles. The zero-order valence-corrected chi connectivity index (χ0v) is 11.8. The lowest BCUT2D eigenvalue weighted by Crippen LogP contribution is -2.71. The smallest absolute Gasteiger partial charge is 0.0690 e. The second kappa shape index (κ2) is 4.71. The van der Waals surface area contributed by atoms with E-state index in [-0.39, 0.29) is 6.10 Å². The fourth-order valence-corrected chi connectivity index (χ4v) is 5.30. The first kappa shape index (κ1) is 12.6. The molecule has 4 aliphatic rings. The van der Waals surface area contributed by atoms with Gasteiger partial charge in [0.25, 0.3) is 0 Å². The lowest BCUT2D eigenvalue weighted by atomic mass is 9.46. The highest BCUT2D eigenvalue weighted by Crippen LogP contribution is 2.62. The maximum atomic E-state index is 9.78. The number of nitrogens with one attached hydrogen (secondary N) is 1. The second-order valence-electron chi connectivity index (χ2n) is 7.40. The fraction of sp³-hybridized carbons (Fsp3) is 1.00. The van der Waals surface area contributed by atoms with Gasteiger partial charge in [0, 0.05) is 24.0 Å². The van der Waals surface area contributed by atoms with E-state index in [4.69, 9.17) is 4.74 Å². The zero-order chi connectivity index (χ0) is 12.9. The molecule has 2 N–H and O–H groups in total. The Morgan fingerprint density at radius 1 is 1.16 bits per heavy atom. The Kier molecular flexibility index (Phi) is 3.13. The highest BCUT2D eigenvalue weighted by Gasteiger charge is 2.66. The highest BCUT2D eigenvalue weighted by molar-refractivity contribution is 5.18. The van der Waals surface area contributed by atoms with Crippen LogP contribution in [0.25, 0.3) is 0 Å². The van der Waals surface area contributed by atoms with Crippen molar-refractivity contribution in [3.05, 3.63) is 0 Å². The standard InChI is InChI=1S/C16H27NO2/c18-12-4-1-3-11(9-12)10-17-14-13-5-8-19-15(13)16(14)6-2-7-16/h11-15,17-18H,1-10H2. The largest absolute Gasteiger partial charge is 0.393 e. The van der Waals surface area contributed by atoms with Gasteiger partial charge >= 0.3 is 0 Å². The lowest BCUT2D eigenvalue weighted by molar-refractivity contribution is -0.176. The lowest BCUT2D eigenvalue weighted by Gasteiger charge is -2.63. The molecule has 19 heavy (non-hydrogen) atoms. The molecule has 0 aromatic carbocycles. The van der Waals surface area contributed by atoms with Crippen molar-refractivity contribution in [2.45, 2.75) is 69.6 Å². The number of fused-ring (bicyclic) bond motifs is 2. The van der Waals surface area contributed by atoms with Crippen LogP contribution < -0.4 is 5.32 Å². The molecule has 108 valence electrons. The van der Waals surface area contributed by atoms with Crippen LogP contribution in [0.4, 0.5) is 0 Å². The van der Waals surface area contributed by atoms with Crippen LogP contribution >= 0.6 is 0 Å². The van der Waals surface area contributed by atoms with Gasteiger partial charge < -0.3 is 15.2 Å². The summed E-state index contributed by atoms with van der Waals surface area (Å²) in [4.78, 5) is 0. The molecule has 1 heterocycles. The van der Waals surface area contributed by atoms with E-state index in [0.29, 0.717) is 23.5 Å². The summed E-state index contributed by atoms with van der Waals surface area (Å²) in [6.07, 6.45) is 10.5. The molecule has 4 fully saturated rings. The van der Waals surface area contributed by atoms with Crippen LogP contribution in [-0.4, -0.2) is 36.5 Å². The molecule has 4 rings (SSSR count). The van der Waals surface area contributed by atoms with E-state index in [0.717, 1.165) is 31.9 Å². The summed E-state index contributed by atoms with van der Waals surface area (Å²) in [6, 6.07) is 0.716. The van der Waals surface area contributed by atoms with E-state index >= 15 is 0 Å². The van der Waals surface area contributed by atoms with Crippen molar-refractivity contribution in [2.24, 2.45) is 17.3 Å². The third kappa shape index (κ3) is 1.89. The van der Waals surface area contributed by atoms with Crippen LogP contribution in [0.2, 0.25) is 0 Å². The van der Waals surface area contributed by atoms with Gasteiger partial charge in [-0.25, -0.2) is 0 Å². The number of rotatable bonds is 3. The van der Waals surface area contributed by atoms with Crippen molar-refractivity contribution >= 4 is 0 Å². The second-order valence-corrected chi connectivity index (χ2v) is 7.40. The van der Waals surface area contributed by atoms with Crippen LogP contribution in [0.5, 0.6) is 0 Å². The summed E-state index contributed by atoms with van der Waals surface area (Å²) < 4.78 is 5.97. The summed E-state index contributed by atoms with van der Waals surface area (Å²) in [6.45, 7) is 2.10. The Morgan fingerprint density at radius 2 is 2.05 bits per heavy atom. The van der Waals surface area contributed by atoms with Gasteiger partial charge in [-0.2, -0.15) is 0 Å². The normalized spacial score (nSPS) is 47.5. The van der Waals surface area contributed by atoms with Crippen LogP contribution in [0, 0.1) is 17.3 Å². The van der Waals surface area contributed by atoms with Gasteiger partial charge in [0.1, 0.15) is 0 Å². The Balaban J connectivity index is 1.35. The first-order chi connectivity index (χ1) is 9.29. The minimum absolute atomic E-state index is 0.0397. The minimum atomic E-state index is -0.0397. The predicted octanol–water partition coefficient (Wildman–Crippen LogP) is 2.08. The molecule has 3 aliphatic carbocycles. The van der Waals surface area contributed by atoms with E-state index in [2.05, 4.69) is 5.32 Å². The first-order valence-corrected chi connectivity index (χ1v) is 8.33. The highest BCUT2D eigenvalue weighted by atomic mass is 16.5. The van der Waals surface area contributed by atoms with Crippen molar-refractivity contribution in [3.63, 3.8) is 0 Å². The van der Waals surface area contributed by atoms with Gasteiger partial charge in [-0.05, 0) is 51.0 Å². The van der Waals surface area contributed by atoms with Crippen LogP contribution in [0.3, 0.4) is 0 Å². The average molecular weight is 265 g/mol. The summed E-state index contributed by atoms with van der Waals surface area (Å²) in [5.41, 5.74) is 0.508. The van der Waals surface area contributed by atoms with Crippen molar-refractivity contribution in [1.82, 2.24) is 5.32 Å². The van der Waals surface area contributed by atoms with E-state index in [1.165, 1.54) is 38.5 Å². The SMILES string of the molecule is OC1CCCC(CNC2C3CCOC3C23CCC3)C1. The molecular formula is C16H27NO2. The Morgan fingerprint density at radius 3 is 2.79 bits per heavy atom. The Bertz CT molecular complexity index is 342. The van der Waals surface area contributed by atoms with Crippen LogP contribution in [-0.2, 0) is 4.74 Å². The number of ether oxygens (including phenoxy) is 1. The molecule has 3 nitrogen and oxygen atoms in total. The van der Waals surface area contributed by atoms with Crippen LogP contribution in [0.1, 0.15) is 51.4 Å². The molecule has 0 bridgehead atoms. The van der Waals surface area contributed by atoms with E-state index < -0.39 is 0 Å². The molecule has 5 atom stereocenters. The van der Waals surface area contributed by atoms with Crippen molar-refractivity contribution in [3.8, 4) is 0 Å². The molecule has 0 aromatic heterocycles. The fourth-order valence-electron chi connectivity index (χ4n) is 5.30. The molecule has 0 aromatic rings. The molecule has 3 heteroatoms. The van der Waals surface area contributed by atoms with Gasteiger partial charge in [-0.1, -0.05) is 12.8 Å². The number of hydrogen-bond acceptors (Lipinski definition) is 3. The molecular weight excluding hydrogens is 238 g/mol. The Labute approximate surface area is 116 Å². The third-order valence-electron chi connectivity index (χ3n) is 6.42. The van der Waals surface area contributed by atoms with Crippen molar-refractivity contribution in [1.29, 1.82) is 0 Å². The number of aliphatic hydroxyl groups is 1. The number of hydrogen-bond donors (Lipinski definition) is 2. The minimum Gasteiger partial charge on any atom is -0.393 e. The maximum absolute atomic E-state index is 9.78. The van der Waals surface area contributed by atoms with E-state index in [1.54, 1.807) is 0 Å². The number of aliphatic hydroxyl groups excluding tert-OH is 1. The van der Waals surface area contributed by atoms with Crippen molar-refractivity contribution < 1.29 is 9.84 Å². The van der Waals surface area contributed by atoms with Crippen molar-refractivity contribution in [2.75, 3.05) is 13.2 Å². The van der Waals surface area contributed by atoms with Gasteiger partial charge in [0.2, 0.25) is 0 Å². The van der Waals surface area contributed by atoms with Crippen LogP contribution in [0.15, 0.2) is 0 Å². The van der Waals surface area contributed by atoms with Gasteiger partial charge in [0.05, 0.1) is 12.2 Å². The quantitative estimate of drug-likeness (QED) is 0.821. The molecule has 1 saturated heterocycles. The third-order valence-corrected chi connectivity index (χ3v) is 6.42. The Hall–Kier alpha value is -0.120. The summed E-state index contributed by atoms with van der Waals surface area (Å²) >= 11 is 0. The van der Waals surface area contributed by atoms with Gasteiger partial charge in [0.15, 0.2) is 0 Å². The molecule has 5 unspecified atom stereocenters.